The minimum absolute atomic E-state index is 1.05. The van der Waals surface area contributed by atoms with E-state index < -0.39 is 7.91 Å². The maximum Gasteiger partial charge on any atom is 0.507 e. The van der Waals surface area contributed by atoms with Crippen molar-refractivity contribution in [1.29, 1.82) is 0 Å². The van der Waals surface area contributed by atoms with Crippen LogP contribution in [-0.4, -0.2) is 21.3 Å². The predicted octanol–water partition coefficient (Wildman–Crippen LogP) is 4.26. The summed E-state index contributed by atoms with van der Waals surface area (Å²) in [6.45, 7) is 4.40. The largest absolute Gasteiger partial charge is 0.507 e. The van der Waals surface area contributed by atoms with Gasteiger partial charge in [-0.05, 0) is 24.3 Å². The van der Waals surface area contributed by atoms with Crippen LogP contribution in [0.5, 0.6) is 0 Å². The molecule has 0 aliphatic carbocycles. The fraction of sp³-hybridized carbons (Fsp3) is 1.00. The monoisotopic (exact) mass is 308 g/mol. The third-order valence-corrected chi connectivity index (χ3v) is 2.16. The Labute approximate surface area is 116 Å². The zero-order valence-electron chi connectivity index (χ0n) is 10.7. The first-order valence-corrected chi connectivity index (χ1v) is 8.57. The van der Waals surface area contributed by atoms with Gasteiger partial charge in [0.15, 0.2) is 0 Å². The molecular weight excluding hydrogens is 282 g/mol. The van der Waals surface area contributed by atoms with Crippen molar-refractivity contribution in [2.45, 2.75) is 52.4 Å². The van der Waals surface area contributed by atoms with Gasteiger partial charge in [-0.1, -0.05) is 39.5 Å². The number of halogens is 1. The molecule has 17 heavy (non-hydrogen) atoms. The van der Waals surface area contributed by atoms with Crippen LogP contribution in [0.1, 0.15) is 52.4 Å². The summed E-state index contributed by atoms with van der Waals surface area (Å²) >= 11 is 8.11. The molecule has 0 fully saturated rings. The normalized spacial score (nSPS) is 9.82. The number of unbranched alkanes of at least 4 members (excludes halogenated alkanes) is 4. The molecule has 0 unspecified atom stereocenters. The maximum absolute atomic E-state index is 10.4. The second kappa shape index (κ2) is 19.1. The van der Waals surface area contributed by atoms with Crippen molar-refractivity contribution in [3.05, 3.63) is 0 Å². The van der Waals surface area contributed by atoms with Crippen molar-refractivity contribution in [1.82, 2.24) is 0 Å². The fourth-order valence-electron chi connectivity index (χ4n) is 0.724. The van der Waals surface area contributed by atoms with Gasteiger partial charge in [0.1, 0.15) is 0 Å². The van der Waals surface area contributed by atoms with Gasteiger partial charge in [-0.2, -0.15) is 25.3 Å². The highest BCUT2D eigenvalue weighted by Gasteiger charge is 2.04. The van der Waals surface area contributed by atoms with E-state index in [9.17, 15) is 4.20 Å². The van der Waals surface area contributed by atoms with Crippen molar-refractivity contribution in [3.63, 3.8) is 0 Å². The smallest absolute Gasteiger partial charge is 0.299 e. The molecule has 0 heterocycles. The van der Waals surface area contributed by atoms with Gasteiger partial charge < -0.3 is 0 Å². The first-order valence-electron chi connectivity index (χ1n) is 5.80. The van der Waals surface area contributed by atoms with Gasteiger partial charge in [-0.15, -0.1) is 4.20 Å². The molecular formula is C10H26FO3PS2. The van der Waals surface area contributed by atoms with Crippen molar-refractivity contribution in [2.75, 3.05) is 11.5 Å². The van der Waals surface area contributed by atoms with E-state index in [-0.39, 0.29) is 0 Å². The van der Waals surface area contributed by atoms with E-state index in [1.54, 1.807) is 0 Å². The highest BCUT2D eigenvalue weighted by molar-refractivity contribution is 7.80. The Morgan fingerprint density at radius 3 is 1.24 bits per heavy atom. The second-order valence-electron chi connectivity index (χ2n) is 3.33. The average molecular weight is 308 g/mol. The van der Waals surface area contributed by atoms with Gasteiger partial charge in [0.25, 0.3) is 0 Å². The molecule has 0 aromatic carbocycles. The molecule has 0 aromatic rings. The summed E-state index contributed by atoms with van der Waals surface area (Å²) in [5.41, 5.74) is 0. The zero-order valence-corrected chi connectivity index (χ0v) is 13.4. The molecule has 0 aromatic heterocycles. The van der Waals surface area contributed by atoms with Crippen molar-refractivity contribution < 1.29 is 18.5 Å². The lowest BCUT2D eigenvalue weighted by Gasteiger charge is -1.85. The van der Waals surface area contributed by atoms with Gasteiger partial charge in [0.2, 0.25) is 0 Å². The Balaban J connectivity index is -0.000000174. The summed E-state index contributed by atoms with van der Waals surface area (Å²) in [4.78, 5) is 13.9. The minimum Gasteiger partial charge on any atom is -0.299 e. The van der Waals surface area contributed by atoms with Crippen LogP contribution in [0.2, 0.25) is 0 Å². The molecule has 0 atom stereocenters. The molecule has 0 aliphatic rings. The average Bonchev–Trinajstić information content (AvgIpc) is 2.22. The summed E-state index contributed by atoms with van der Waals surface area (Å²) in [5, 5.41) is 0. The molecule has 0 rings (SSSR count). The second-order valence-corrected chi connectivity index (χ2v) is 5.17. The number of thiol groups is 2. The maximum atomic E-state index is 10.4. The Morgan fingerprint density at radius 2 is 1.18 bits per heavy atom. The lowest BCUT2D eigenvalue weighted by molar-refractivity contribution is 0.322. The summed E-state index contributed by atoms with van der Waals surface area (Å²) in [7, 11) is -5.14. The van der Waals surface area contributed by atoms with Crippen LogP contribution >= 0.6 is 33.2 Å². The lowest BCUT2D eigenvalue weighted by atomic mass is 10.3. The molecule has 3 nitrogen and oxygen atoms in total. The van der Waals surface area contributed by atoms with Crippen LogP contribution in [0, 0.1) is 0 Å². The summed E-state index contributed by atoms with van der Waals surface area (Å²) in [6.07, 6.45) is 7.84. The summed E-state index contributed by atoms with van der Waals surface area (Å²) in [5.74, 6) is 2.10. The molecule has 0 saturated heterocycles. The molecule has 0 radical (unpaired) electrons. The molecule has 108 valence electrons. The van der Waals surface area contributed by atoms with Crippen LogP contribution in [0.3, 0.4) is 0 Å². The summed E-state index contributed by atoms with van der Waals surface area (Å²) in [6, 6.07) is 0. The quantitative estimate of drug-likeness (QED) is 0.337. The Bertz CT molecular complexity index is 143. The van der Waals surface area contributed by atoms with E-state index in [0.717, 1.165) is 11.5 Å². The van der Waals surface area contributed by atoms with Crippen LogP contribution in [0.25, 0.3) is 0 Å². The first kappa shape index (κ1) is 22.9. The van der Waals surface area contributed by atoms with Crippen molar-refractivity contribution in [2.24, 2.45) is 0 Å². The van der Waals surface area contributed by atoms with Gasteiger partial charge in [-0.3, -0.25) is 9.79 Å². The Hall–Kier alpha value is 0.780. The van der Waals surface area contributed by atoms with E-state index in [2.05, 4.69) is 39.1 Å². The molecule has 0 bridgehead atoms. The molecule has 0 spiro atoms. The van der Waals surface area contributed by atoms with Gasteiger partial charge in [-0.25, -0.2) is 4.57 Å². The first-order chi connectivity index (χ1) is 7.83. The molecule has 7 heteroatoms. The fourth-order valence-corrected chi connectivity index (χ4v) is 1.17. The third-order valence-electron chi connectivity index (χ3n) is 1.52. The van der Waals surface area contributed by atoms with E-state index in [1.807, 2.05) is 0 Å². The minimum atomic E-state index is -5.14. The lowest BCUT2D eigenvalue weighted by Crippen LogP contribution is -1.70. The number of rotatable bonds is 6. The Kier molecular flexibility index (Phi) is 25.8. The highest BCUT2D eigenvalue weighted by Crippen LogP contribution is 2.34. The van der Waals surface area contributed by atoms with Crippen LogP contribution < -0.4 is 0 Å². The summed E-state index contributed by atoms with van der Waals surface area (Å²) < 4.78 is 19.0. The molecule has 0 aliphatic heterocycles. The van der Waals surface area contributed by atoms with Crippen LogP contribution in [0.4, 0.5) is 4.20 Å². The van der Waals surface area contributed by atoms with E-state index in [0.29, 0.717) is 0 Å². The van der Waals surface area contributed by atoms with E-state index >= 15 is 0 Å². The predicted molar refractivity (Wildman–Crippen MR) is 79.9 cm³/mol. The standard InChI is InChI=1S/2C5H12S.FH2O3P/c2*1-2-3-4-5-6;1-5(2,3)4/h2*6H,2-5H2,1H3;(H2,2,3,4). The molecule has 0 saturated carbocycles. The SMILES string of the molecule is CCCCCS.CCCCCS.O=P(O)(O)F. The van der Waals surface area contributed by atoms with Crippen molar-refractivity contribution >= 4 is 33.2 Å². The van der Waals surface area contributed by atoms with E-state index in [4.69, 9.17) is 14.4 Å². The molecule has 2 N–H and O–H groups in total. The van der Waals surface area contributed by atoms with E-state index in [1.165, 1.54) is 38.5 Å². The van der Waals surface area contributed by atoms with Crippen LogP contribution in [0.15, 0.2) is 0 Å². The zero-order chi connectivity index (χ0) is 14.2. The van der Waals surface area contributed by atoms with Crippen LogP contribution in [-0.2, 0) is 4.57 Å². The third kappa shape index (κ3) is 79.7. The number of hydrogen-bond acceptors (Lipinski definition) is 3. The highest BCUT2D eigenvalue weighted by atomic mass is 32.1. The number of hydrogen-bond donors (Lipinski definition) is 4. The van der Waals surface area contributed by atoms with Gasteiger partial charge >= 0.3 is 7.91 Å². The topological polar surface area (TPSA) is 57.5 Å². The molecule has 0 amide bonds. The van der Waals surface area contributed by atoms with Gasteiger partial charge in [0, 0.05) is 0 Å². The Morgan fingerprint density at radius 1 is 0.941 bits per heavy atom. The van der Waals surface area contributed by atoms with Crippen molar-refractivity contribution in [3.8, 4) is 0 Å². The van der Waals surface area contributed by atoms with Gasteiger partial charge in [0.05, 0.1) is 0 Å².